The molecule has 6 aromatic carbocycles. The topological polar surface area (TPSA) is 0 Å². The second-order valence-corrected chi connectivity index (χ2v) is 25.2. The molecule has 0 atom stereocenters. The van der Waals surface area contributed by atoms with Gasteiger partial charge in [-0.05, 0) is 166 Å². The Morgan fingerprint density at radius 2 is 0.416 bits per heavy atom. The second-order valence-electron chi connectivity index (χ2n) is 25.2. The lowest BCUT2D eigenvalue weighted by Crippen LogP contribution is -2.26. The first kappa shape index (κ1) is 57.0. The van der Waals surface area contributed by atoms with Gasteiger partial charge >= 0.3 is 0 Å². The van der Waals surface area contributed by atoms with Crippen molar-refractivity contribution in [3.63, 3.8) is 0 Å². The molecule has 0 heterocycles. The van der Waals surface area contributed by atoms with Crippen molar-refractivity contribution in [1.29, 1.82) is 0 Å². The van der Waals surface area contributed by atoms with Gasteiger partial charge in [-0.1, -0.05) is 292 Å². The lowest BCUT2D eigenvalue weighted by molar-refractivity contribution is 0.400. The highest BCUT2D eigenvalue weighted by atomic mass is 14.5. The van der Waals surface area contributed by atoms with Crippen LogP contribution in [0.3, 0.4) is 0 Å². The van der Waals surface area contributed by atoms with Crippen LogP contribution >= 0.6 is 0 Å². The van der Waals surface area contributed by atoms with E-state index in [9.17, 15) is 0 Å². The van der Waals surface area contributed by atoms with E-state index in [0.29, 0.717) is 0 Å². The molecule has 410 valence electrons. The maximum Gasteiger partial charge on any atom is 0.0215 e. The van der Waals surface area contributed by atoms with E-state index in [-0.39, 0.29) is 16.2 Å². The third kappa shape index (κ3) is 11.7. The predicted octanol–water partition coefficient (Wildman–Crippen LogP) is 24.3. The third-order valence-corrected chi connectivity index (χ3v) is 19.8. The highest BCUT2D eigenvalue weighted by Gasteiger charge is 2.46. The maximum atomic E-state index is 2.73. The van der Waals surface area contributed by atoms with Crippen LogP contribution in [0.4, 0.5) is 0 Å². The molecule has 0 N–H and O–H groups in total. The van der Waals surface area contributed by atoms with Gasteiger partial charge in [0.1, 0.15) is 0 Å². The predicted molar refractivity (Wildman–Crippen MR) is 338 cm³/mol. The average Bonchev–Trinajstić information content (AvgIpc) is 4.04. The molecular weight excluding hydrogens is 925 g/mol. The van der Waals surface area contributed by atoms with E-state index in [1.807, 2.05) is 0 Å². The van der Waals surface area contributed by atoms with Crippen molar-refractivity contribution in [3.05, 3.63) is 154 Å². The van der Waals surface area contributed by atoms with Crippen LogP contribution < -0.4 is 0 Å². The van der Waals surface area contributed by atoms with Gasteiger partial charge in [0.15, 0.2) is 0 Å². The fourth-order valence-electron chi connectivity index (χ4n) is 15.5. The summed E-state index contributed by atoms with van der Waals surface area (Å²) in [6.07, 6.45) is 38.8. The molecule has 0 amide bonds. The number of rotatable bonds is 32. The minimum absolute atomic E-state index is 0.0161. The van der Waals surface area contributed by atoms with Gasteiger partial charge in [0.05, 0.1) is 0 Å². The van der Waals surface area contributed by atoms with Crippen molar-refractivity contribution in [2.75, 3.05) is 0 Å². The van der Waals surface area contributed by atoms with E-state index >= 15 is 0 Å². The largest absolute Gasteiger partial charge is 0.0654 e. The van der Waals surface area contributed by atoms with E-state index in [4.69, 9.17) is 0 Å². The molecule has 3 aliphatic rings. The Kier molecular flexibility index (Phi) is 19.6. The zero-order valence-corrected chi connectivity index (χ0v) is 50.1. The lowest BCUT2D eigenvalue weighted by Gasteiger charge is -2.34. The summed E-state index contributed by atoms with van der Waals surface area (Å²) in [5, 5.41) is 0. The minimum atomic E-state index is -0.0161. The SMILES string of the molecule is CCCCCCC1(CCCCCC)c2cc(C)ccc2-c2ccc(-c3ccc4c(c3)C(CCCCCC)(CCCCCC)c3cc(-c5ccc6c(c5)C(CCCCCC)(CCCCCC)c5cc(C)ccc5-6)ccc3-4)cc21. The molecule has 0 fully saturated rings. The van der Waals surface area contributed by atoms with Crippen LogP contribution in [0, 0.1) is 13.8 Å². The van der Waals surface area contributed by atoms with E-state index in [1.165, 1.54) is 259 Å². The highest BCUT2D eigenvalue weighted by molar-refractivity contribution is 5.89. The first-order chi connectivity index (χ1) is 37.7. The Balaban J connectivity index is 1.16. The van der Waals surface area contributed by atoms with Crippen LogP contribution in [0.25, 0.3) is 55.6 Å². The molecule has 9 rings (SSSR count). The van der Waals surface area contributed by atoms with Gasteiger partial charge in [-0.25, -0.2) is 0 Å². The van der Waals surface area contributed by atoms with Crippen LogP contribution in [0.5, 0.6) is 0 Å². The first-order valence-corrected chi connectivity index (χ1v) is 32.5. The molecule has 3 aliphatic carbocycles. The number of unbranched alkanes of at least 4 members (excludes halogenated alkanes) is 18. The molecule has 0 spiro atoms. The number of fused-ring (bicyclic) bond motifs is 9. The smallest absolute Gasteiger partial charge is 0.0215 e. The fraction of sp³-hybridized carbons (Fsp3) is 0.532. The summed E-state index contributed by atoms with van der Waals surface area (Å²) < 4.78 is 0. The molecule has 0 aromatic heterocycles. The van der Waals surface area contributed by atoms with Crippen molar-refractivity contribution in [3.8, 4) is 55.6 Å². The second kappa shape index (κ2) is 26.5. The van der Waals surface area contributed by atoms with Gasteiger partial charge in [-0.2, -0.15) is 0 Å². The molecule has 0 radical (unpaired) electrons. The van der Waals surface area contributed by atoms with Gasteiger partial charge in [0.25, 0.3) is 0 Å². The van der Waals surface area contributed by atoms with Gasteiger partial charge in [-0.15, -0.1) is 0 Å². The quantitative estimate of drug-likeness (QED) is 0.0370. The summed E-state index contributed by atoms with van der Waals surface area (Å²) in [6, 6.07) is 46.0. The molecule has 0 saturated carbocycles. The molecule has 0 nitrogen and oxygen atoms in total. The van der Waals surface area contributed by atoms with Crippen molar-refractivity contribution >= 4 is 0 Å². The van der Waals surface area contributed by atoms with Gasteiger partial charge in [0, 0.05) is 16.2 Å². The Morgan fingerprint density at radius 1 is 0.221 bits per heavy atom. The molecule has 0 bridgehead atoms. The summed E-state index contributed by atoms with van der Waals surface area (Å²) >= 11 is 0. The maximum absolute atomic E-state index is 2.73. The van der Waals surface area contributed by atoms with Crippen molar-refractivity contribution in [2.24, 2.45) is 0 Å². The standard InChI is InChI=1S/C77H102/c1-9-15-21-27-45-75(46-28-22-16-10-2)69-51-57(7)33-39-63(69)65-41-35-59(53-71(65)75)61-37-43-67-68-44-38-62(56-74(68)77(73(67)55-61,49-31-25-19-13-5)50-32-26-20-14-6)60-36-42-66-64-40-34-58(8)52-70(64)76(72(66)54-60,47-29-23-17-11-3)48-30-24-18-12-4/h33-44,51-56H,9-32,45-50H2,1-8H3. The fourth-order valence-corrected chi connectivity index (χ4v) is 15.5. The van der Waals surface area contributed by atoms with Crippen LogP contribution in [-0.4, -0.2) is 0 Å². The van der Waals surface area contributed by atoms with E-state index < -0.39 is 0 Å². The third-order valence-electron chi connectivity index (χ3n) is 19.8. The molecule has 6 aromatic rings. The Hall–Kier alpha value is -4.68. The summed E-state index contributed by atoms with van der Waals surface area (Å²) in [6.45, 7) is 18.8. The monoisotopic (exact) mass is 1030 g/mol. The summed E-state index contributed by atoms with van der Waals surface area (Å²) in [7, 11) is 0. The zero-order valence-electron chi connectivity index (χ0n) is 50.1. The Labute approximate surface area is 471 Å². The van der Waals surface area contributed by atoms with Crippen LogP contribution in [-0.2, 0) is 16.2 Å². The number of hydrogen-bond acceptors (Lipinski definition) is 0. The number of benzene rings is 6. The van der Waals surface area contributed by atoms with Crippen molar-refractivity contribution in [1.82, 2.24) is 0 Å². The zero-order chi connectivity index (χ0) is 53.8. The van der Waals surface area contributed by atoms with E-state index in [1.54, 1.807) is 33.4 Å². The van der Waals surface area contributed by atoms with Crippen LogP contribution in [0.2, 0.25) is 0 Å². The summed E-state index contributed by atoms with van der Waals surface area (Å²) in [5.74, 6) is 0. The Bertz CT molecular complexity index is 2660. The summed E-state index contributed by atoms with van der Waals surface area (Å²) in [4.78, 5) is 0. The summed E-state index contributed by atoms with van der Waals surface area (Å²) in [5.41, 5.74) is 27.2. The van der Waals surface area contributed by atoms with Gasteiger partial charge in [-0.3, -0.25) is 0 Å². The molecule has 0 heteroatoms. The van der Waals surface area contributed by atoms with Crippen LogP contribution in [0.1, 0.15) is 279 Å². The normalized spacial score (nSPS) is 14.8. The minimum Gasteiger partial charge on any atom is -0.0654 e. The lowest BCUT2D eigenvalue weighted by atomic mass is 9.69. The van der Waals surface area contributed by atoms with Gasteiger partial charge < -0.3 is 0 Å². The average molecular weight is 1030 g/mol. The van der Waals surface area contributed by atoms with E-state index in [0.717, 1.165) is 0 Å². The first-order valence-electron chi connectivity index (χ1n) is 32.5. The highest BCUT2D eigenvalue weighted by Crippen LogP contribution is 2.59. The van der Waals surface area contributed by atoms with Crippen LogP contribution in [0.15, 0.2) is 109 Å². The number of aryl methyl sites for hydroxylation is 2. The molecule has 0 saturated heterocycles. The Morgan fingerprint density at radius 3 is 0.623 bits per heavy atom. The molecule has 0 unspecified atom stereocenters. The number of hydrogen-bond donors (Lipinski definition) is 0. The van der Waals surface area contributed by atoms with Crippen molar-refractivity contribution in [2.45, 2.75) is 264 Å². The van der Waals surface area contributed by atoms with E-state index in [2.05, 4.69) is 165 Å². The van der Waals surface area contributed by atoms with Gasteiger partial charge in [0.2, 0.25) is 0 Å². The van der Waals surface area contributed by atoms with Crippen molar-refractivity contribution < 1.29 is 0 Å². The molecule has 0 aliphatic heterocycles. The molecular formula is C77H102. The molecule has 77 heavy (non-hydrogen) atoms.